The highest BCUT2D eigenvalue weighted by atomic mass is 16.4. The second kappa shape index (κ2) is 9.23. The number of hydrogen-bond acceptors (Lipinski definition) is 4. The van der Waals surface area contributed by atoms with E-state index in [1.54, 1.807) is 29.2 Å². The number of carbonyl (C=O) groups is 3. The summed E-state index contributed by atoms with van der Waals surface area (Å²) in [5.74, 6) is -0.136. The molecule has 0 aromatic heterocycles. The Hall–Kier alpha value is -3.39. The second-order valence-electron chi connectivity index (χ2n) is 8.80. The molecule has 174 valence electrons. The van der Waals surface area contributed by atoms with Crippen LogP contribution in [-0.2, 0) is 4.79 Å². The van der Waals surface area contributed by atoms with E-state index >= 15 is 0 Å². The molecule has 1 saturated heterocycles. The first-order valence-electron chi connectivity index (χ1n) is 11.4. The fourth-order valence-corrected chi connectivity index (χ4v) is 4.95. The van der Waals surface area contributed by atoms with Crippen molar-refractivity contribution in [2.75, 3.05) is 29.4 Å². The van der Waals surface area contributed by atoms with E-state index in [2.05, 4.69) is 0 Å². The van der Waals surface area contributed by atoms with Gasteiger partial charge in [0.15, 0.2) is 0 Å². The maximum Gasteiger partial charge on any atom is 0.411 e. The molecule has 4 rings (SSSR count). The van der Waals surface area contributed by atoms with Crippen LogP contribution in [0.15, 0.2) is 42.5 Å². The summed E-state index contributed by atoms with van der Waals surface area (Å²) in [7, 11) is 0. The van der Waals surface area contributed by atoms with Crippen LogP contribution in [0.5, 0.6) is 0 Å². The fourth-order valence-electron chi connectivity index (χ4n) is 4.95. The SMILES string of the molecule is CC(=O)N1c2ccc(-c3ccc(C(=O)N4CCCCC4CN)cc3)cc2N(C(=O)O)C[C@@H]1C. The number of nitrogens with zero attached hydrogens (tertiary/aromatic N) is 3. The van der Waals surface area contributed by atoms with Crippen molar-refractivity contribution in [1.29, 1.82) is 0 Å². The van der Waals surface area contributed by atoms with Gasteiger partial charge in [0.25, 0.3) is 5.91 Å². The first-order valence-corrected chi connectivity index (χ1v) is 11.4. The Labute approximate surface area is 193 Å². The lowest BCUT2D eigenvalue weighted by Gasteiger charge is -2.39. The number of likely N-dealkylation sites (tertiary alicyclic amines) is 1. The third kappa shape index (κ3) is 4.30. The third-order valence-corrected chi connectivity index (χ3v) is 6.61. The number of rotatable bonds is 3. The van der Waals surface area contributed by atoms with Gasteiger partial charge in [0.2, 0.25) is 5.91 Å². The monoisotopic (exact) mass is 450 g/mol. The highest BCUT2D eigenvalue weighted by Gasteiger charge is 2.33. The average Bonchev–Trinajstić information content (AvgIpc) is 2.82. The quantitative estimate of drug-likeness (QED) is 0.744. The van der Waals surface area contributed by atoms with E-state index in [4.69, 9.17) is 5.73 Å². The van der Waals surface area contributed by atoms with E-state index in [1.807, 2.05) is 30.0 Å². The van der Waals surface area contributed by atoms with Gasteiger partial charge in [-0.25, -0.2) is 4.79 Å². The fraction of sp³-hybridized carbons (Fsp3) is 0.400. The minimum atomic E-state index is -1.06. The molecule has 0 saturated carbocycles. The van der Waals surface area contributed by atoms with Gasteiger partial charge in [0.1, 0.15) is 0 Å². The number of carbonyl (C=O) groups excluding carboxylic acids is 2. The number of anilines is 2. The van der Waals surface area contributed by atoms with E-state index in [1.165, 1.54) is 11.8 Å². The van der Waals surface area contributed by atoms with Crippen LogP contribution in [0.4, 0.5) is 16.2 Å². The van der Waals surface area contributed by atoms with Crippen LogP contribution in [0, 0.1) is 0 Å². The Kier molecular flexibility index (Phi) is 6.37. The Morgan fingerprint density at radius 1 is 1.03 bits per heavy atom. The molecule has 1 unspecified atom stereocenters. The van der Waals surface area contributed by atoms with Gasteiger partial charge in [-0.05, 0) is 61.6 Å². The molecule has 2 aromatic rings. The number of amides is 3. The molecule has 2 aliphatic rings. The lowest BCUT2D eigenvalue weighted by Crippen LogP contribution is -2.51. The Bertz CT molecular complexity index is 1070. The summed E-state index contributed by atoms with van der Waals surface area (Å²) < 4.78 is 0. The molecule has 2 atom stereocenters. The normalized spacial score (nSPS) is 20.4. The standard InChI is InChI=1S/C25H30N4O4/c1-16-15-28(25(32)33)23-13-20(10-11-22(23)29(16)17(2)30)18-6-8-19(9-7-18)24(31)27-12-4-3-5-21(27)14-26/h6-11,13,16,21H,3-5,12,14-15,26H2,1-2H3,(H,32,33)/t16-,21?/m0/s1. The van der Waals surface area contributed by atoms with Crippen molar-refractivity contribution < 1.29 is 19.5 Å². The number of benzene rings is 2. The minimum absolute atomic E-state index is 0.00900. The summed E-state index contributed by atoms with van der Waals surface area (Å²) in [6, 6.07) is 12.6. The highest BCUT2D eigenvalue weighted by Crippen LogP contribution is 2.39. The predicted octanol–water partition coefficient (Wildman–Crippen LogP) is 3.55. The molecular weight excluding hydrogens is 420 g/mol. The largest absolute Gasteiger partial charge is 0.465 e. The van der Waals surface area contributed by atoms with Crippen molar-refractivity contribution in [2.24, 2.45) is 5.73 Å². The lowest BCUT2D eigenvalue weighted by molar-refractivity contribution is -0.117. The van der Waals surface area contributed by atoms with Gasteiger partial charge in [0, 0.05) is 38.2 Å². The van der Waals surface area contributed by atoms with Gasteiger partial charge < -0.3 is 20.6 Å². The highest BCUT2D eigenvalue weighted by molar-refractivity contribution is 6.03. The maximum atomic E-state index is 13.0. The van der Waals surface area contributed by atoms with Crippen molar-refractivity contribution in [1.82, 2.24) is 4.90 Å². The molecule has 8 nitrogen and oxygen atoms in total. The molecule has 0 aliphatic carbocycles. The van der Waals surface area contributed by atoms with Crippen LogP contribution in [0.25, 0.3) is 11.1 Å². The van der Waals surface area contributed by atoms with Crippen molar-refractivity contribution in [2.45, 2.75) is 45.2 Å². The third-order valence-electron chi connectivity index (χ3n) is 6.61. The number of piperidine rings is 1. The van der Waals surface area contributed by atoms with Crippen LogP contribution >= 0.6 is 0 Å². The second-order valence-corrected chi connectivity index (χ2v) is 8.80. The zero-order valence-electron chi connectivity index (χ0n) is 19.0. The Morgan fingerprint density at radius 3 is 2.36 bits per heavy atom. The summed E-state index contributed by atoms with van der Waals surface area (Å²) in [5, 5.41) is 9.72. The molecule has 0 spiro atoms. The topological polar surface area (TPSA) is 107 Å². The number of nitrogens with two attached hydrogens (primary N) is 1. The van der Waals surface area contributed by atoms with E-state index < -0.39 is 6.09 Å². The van der Waals surface area contributed by atoms with Crippen LogP contribution < -0.4 is 15.5 Å². The van der Waals surface area contributed by atoms with Crippen molar-refractivity contribution in [3.8, 4) is 11.1 Å². The van der Waals surface area contributed by atoms with Crippen molar-refractivity contribution >= 4 is 29.3 Å². The Morgan fingerprint density at radius 2 is 1.73 bits per heavy atom. The van der Waals surface area contributed by atoms with Crippen LogP contribution in [-0.4, -0.2) is 59.6 Å². The summed E-state index contributed by atoms with van der Waals surface area (Å²) in [6.07, 6.45) is 1.97. The van der Waals surface area contributed by atoms with Gasteiger partial charge in [-0.3, -0.25) is 14.5 Å². The molecule has 2 aliphatic heterocycles. The molecular formula is C25H30N4O4. The Balaban J connectivity index is 1.64. The molecule has 2 heterocycles. The van der Waals surface area contributed by atoms with Gasteiger partial charge in [0.05, 0.1) is 17.4 Å². The summed E-state index contributed by atoms with van der Waals surface area (Å²) in [5.41, 5.74) is 9.22. The average molecular weight is 451 g/mol. The number of carboxylic acid groups (broad SMARTS) is 1. The van der Waals surface area contributed by atoms with Crippen molar-refractivity contribution in [3.05, 3.63) is 48.0 Å². The van der Waals surface area contributed by atoms with E-state index in [9.17, 15) is 19.5 Å². The smallest absolute Gasteiger partial charge is 0.411 e. The number of hydrogen-bond donors (Lipinski definition) is 2. The van der Waals surface area contributed by atoms with Gasteiger partial charge in [-0.1, -0.05) is 18.2 Å². The first-order chi connectivity index (χ1) is 15.8. The molecule has 1 fully saturated rings. The predicted molar refractivity (Wildman–Crippen MR) is 128 cm³/mol. The van der Waals surface area contributed by atoms with Gasteiger partial charge in [-0.2, -0.15) is 0 Å². The van der Waals surface area contributed by atoms with Crippen molar-refractivity contribution in [3.63, 3.8) is 0 Å². The first kappa shape index (κ1) is 22.8. The number of fused-ring (bicyclic) bond motifs is 1. The van der Waals surface area contributed by atoms with E-state index in [0.29, 0.717) is 23.5 Å². The lowest BCUT2D eigenvalue weighted by atomic mass is 9.98. The van der Waals surface area contributed by atoms with Crippen LogP contribution in [0.2, 0.25) is 0 Å². The molecule has 2 aromatic carbocycles. The van der Waals surface area contributed by atoms with E-state index in [0.717, 1.165) is 36.9 Å². The van der Waals surface area contributed by atoms with E-state index in [-0.39, 0.29) is 30.4 Å². The molecule has 0 radical (unpaired) electrons. The van der Waals surface area contributed by atoms with Crippen LogP contribution in [0.3, 0.4) is 0 Å². The van der Waals surface area contributed by atoms with Gasteiger partial charge in [-0.15, -0.1) is 0 Å². The molecule has 3 N–H and O–H groups in total. The maximum absolute atomic E-state index is 13.0. The molecule has 8 heteroatoms. The zero-order valence-corrected chi connectivity index (χ0v) is 19.0. The summed E-state index contributed by atoms with van der Waals surface area (Å²) >= 11 is 0. The summed E-state index contributed by atoms with van der Waals surface area (Å²) in [6.45, 7) is 4.72. The van der Waals surface area contributed by atoms with Gasteiger partial charge >= 0.3 is 6.09 Å². The molecule has 3 amide bonds. The minimum Gasteiger partial charge on any atom is -0.465 e. The van der Waals surface area contributed by atoms with Crippen LogP contribution in [0.1, 0.15) is 43.5 Å². The molecule has 0 bridgehead atoms. The zero-order chi connectivity index (χ0) is 23.7. The molecule has 33 heavy (non-hydrogen) atoms. The summed E-state index contributed by atoms with van der Waals surface area (Å²) in [4.78, 5) is 41.9.